The molecule has 116 valence electrons. The minimum atomic E-state index is -3.79. The average molecular weight is 311 g/mol. The Hall–Kier alpha value is -1.44. The molecule has 0 saturated carbocycles. The number of benzene rings is 1. The number of carbonyl (C=O) groups excluding carboxylic acids is 1. The lowest BCUT2D eigenvalue weighted by molar-refractivity contribution is -0.119. The van der Waals surface area contributed by atoms with Crippen molar-refractivity contribution >= 4 is 21.6 Å². The first kappa shape index (κ1) is 15.9. The van der Waals surface area contributed by atoms with Gasteiger partial charge in [-0.15, -0.1) is 0 Å². The summed E-state index contributed by atoms with van der Waals surface area (Å²) in [5.41, 5.74) is 0.933. The zero-order valence-corrected chi connectivity index (χ0v) is 13.0. The molecule has 4 N–H and O–H groups in total. The van der Waals surface area contributed by atoms with Crippen molar-refractivity contribution in [1.82, 2.24) is 5.32 Å². The van der Waals surface area contributed by atoms with E-state index in [1.807, 2.05) is 6.92 Å². The maximum Gasteiger partial charge on any atom is 0.241 e. The van der Waals surface area contributed by atoms with Crippen LogP contribution in [0.4, 0.5) is 5.69 Å². The predicted octanol–water partition coefficient (Wildman–Crippen LogP) is 0.969. The Morgan fingerprint density at radius 3 is 2.76 bits per heavy atom. The van der Waals surface area contributed by atoms with Gasteiger partial charge in [0.1, 0.15) is 0 Å². The van der Waals surface area contributed by atoms with Crippen molar-refractivity contribution in [2.24, 2.45) is 11.1 Å². The third-order valence-electron chi connectivity index (χ3n) is 3.90. The second kappa shape index (κ2) is 6.13. The number of anilines is 1. The molecule has 0 radical (unpaired) electrons. The molecule has 0 bridgehead atoms. The van der Waals surface area contributed by atoms with E-state index in [1.165, 1.54) is 6.07 Å². The van der Waals surface area contributed by atoms with E-state index < -0.39 is 10.0 Å². The van der Waals surface area contributed by atoms with Gasteiger partial charge in [0.2, 0.25) is 15.9 Å². The van der Waals surface area contributed by atoms with Gasteiger partial charge in [-0.3, -0.25) is 4.79 Å². The number of nitrogens with two attached hydrogens (primary N) is 1. The molecular weight excluding hydrogens is 290 g/mol. The van der Waals surface area contributed by atoms with Gasteiger partial charge in [-0.25, -0.2) is 13.6 Å². The Bertz CT molecular complexity index is 643. The largest absolute Gasteiger partial charge is 0.324 e. The Morgan fingerprint density at radius 2 is 2.14 bits per heavy atom. The normalized spacial score (nSPS) is 22.8. The highest BCUT2D eigenvalue weighted by atomic mass is 32.2. The number of nitrogens with one attached hydrogen (secondary N) is 2. The lowest BCUT2D eigenvalue weighted by atomic mass is 9.92. The second-order valence-corrected chi connectivity index (χ2v) is 7.04. The van der Waals surface area contributed by atoms with Gasteiger partial charge in [0.05, 0.1) is 10.9 Å². The molecule has 21 heavy (non-hydrogen) atoms. The lowest BCUT2D eigenvalue weighted by Crippen LogP contribution is -2.48. The molecule has 2 unspecified atom stereocenters. The molecule has 1 aliphatic rings. The summed E-state index contributed by atoms with van der Waals surface area (Å²) in [6, 6.07) is 4.42. The molecule has 1 aromatic rings. The fourth-order valence-corrected chi connectivity index (χ4v) is 3.47. The van der Waals surface area contributed by atoms with E-state index in [2.05, 4.69) is 10.6 Å². The Labute approximate surface area is 125 Å². The van der Waals surface area contributed by atoms with Gasteiger partial charge in [0.15, 0.2) is 0 Å². The predicted molar refractivity (Wildman–Crippen MR) is 81.4 cm³/mol. The number of piperidine rings is 1. The highest BCUT2D eigenvalue weighted by Crippen LogP contribution is 2.23. The van der Waals surface area contributed by atoms with Crippen molar-refractivity contribution in [2.45, 2.75) is 37.6 Å². The fourth-order valence-electron chi connectivity index (χ4n) is 2.67. The molecule has 1 heterocycles. The van der Waals surface area contributed by atoms with E-state index in [0.717, 1.165) is 19.4 Å². The van der Waals surface area contributed by atoms with Crippen LogP contribution in [0.15, 0.2) is 23.1 Å². The van der Waals surface area contributed by atoms with Crippen molar-refractivity contribution in [3.63, 3.8) is 0 Å². The van der Waals surface area contributed by atoms with Crippen LogP contribution in [0.3, 0.4) is 0 Å². The molecule has 0 aliphatic carbocycles. The van der Waals surface area contributed by atoms with Crippen LogP contribution >= 0.6 is 0 Å². The summed E-state index contributed by atoms with van der Waals surface area (Å²) < 4.78 is 23.0. The minimum absolute atomic E-state index is 0.0324. The Balaban J connectivity index is 2.22. The second-order valence-electron chi connectivity index (χ2n) is 5.51. The molecule has 6 nitrogen and oxygen atoms in total. The molecule has 0 spiro atoms. The Kier molecular flexibility index (Phi) is 4.65. The standard InChI is InChI=1S/C14H21N3O3S/c1-9-5-4-8-16-13(9)14(18)17-11-6-3-7-12(10(11)2)21(15,19)20/h3,6-7,9,13,16H,4-5,8H2,1-2H3,(H,17,18)(H2,15,19,20). The lowest BCUT2D eigenvalue weighted by Gasteiger charge is -2.29. The first-order chi connectivity index (χ1) is 9.80. The maximum atomic E-state index is 12.3. The van der Waals surface area contributed by atoms with Crippen LogP contribution in [-0.2, 0) is 14.8 Å². The molecule has 2 atom stereocenters. The third kappa shape index (κ3) is 3.61. The van der Waals surface area contributed by atoms with Gasteiger partial charge >= 0.3 is 0 Å². The monoisotopic (exact) mass is 311 g/mol. The van der Waals surface area contributed by atoms with Gasteiger partial charge in [-0.2, -0.15) is 0 Å². The van der Waals surface area contributed by atoms with Crippen molar-refractivity contribution in [1.29, 1.82) is 0 Å². The van der Waals surface area contributed by atoms with Gasteiger partial charge in [0.25, 0.3) is 0 Å². The molecule has 7 heteroatoms. The topological polar surface area (TPSA) is 101 Å². The number of carbonyl (C=O) groups is 1. The highest BCUT2D eigenvalue weighted by molar-refractivity contribution is 7.89. The number of hydrogen-bond donors (Lipinski definition) is 3. The Morgan fingerprint density at radius 1 is 1.43 bits per heavy atom. The van der Waals surface area contributed by atoms with Gasteiger partial charge in [-0.05, 0) is 49.9 Å². The fraction of sp³-hybridized carbons (Fsp3) is 0.500. The minimum Gasteiger partial charge on any atom is -0.324 e. The summed E-state index contributed by atoms with van der Waals surface area (Å²) in [4.78, 5) is 12.4. The van der Waals surface area contributed by atoms with Crippen LogP contribution in [0.2, 0.25) is 0 Å². The highest BCUT2D eigenvalue weighted by Gasteiger charge is 2.28. The molecule has 1 saturated heterocycles. The van der Waals surface area contributed by atoms with Crippen LogP contribution in [0.5, 0.6) is 0 Å². The summed E-state index contributed by atoms with van der Waals surface area (Å²) in [6.07, 6.45) is 2.06. The molecule has 1 aliphatic heterocycles. The maximum absolute atomic E-state index is 12.3. The van der Waals surface area contributed by atoms with Crippen molar-refractivity contribution in [2.75, 3.05) is 11.9 Å². The van der Waals surface area contributed by atoms with Crippen molar-refractivity contribution < 1.29 is 13.2 Å². The SMILES string of the molecule is Cc1c(NC(=O)C2NCCCC2C)cccc1S(N)(=O)=O. The van der Waals surface area contributed by atoms with Gasteiger partial charge in [0, 0.05) is 5.69 Å². The molecule has 1 aromatic carbocycles. The van der Waals surface area contributed by atoms with Crippen molar-refractivity contribution in [3.8, 4) is 0 Å². The number of hydrogen-bond acceptors (Lipinski definition) is 4. The quantitative estimate of drug-likeness (QED) is 0.774. The molecule has 1 fully saturated rings. The molecule has 1 amide bonds. The number of sulfonamides is 1. The van der Waals surface area contributed by atoms with Crippen LogP contribution < -0.4 is 15.8 Å². The van der Waals surface area contributed by atoms with Crippen molar-refractivity contribution in [3.05, 3.63) is 23.8 Å². The van der Waals surface area contributed by atoms with E-state index in [-0.39, 0.29) is 22.8 Å². The number of primary sulfonamides is 1. The molecule has 2 rings (SSSR count). The molecular formula is C14H21N3O3S. The summed E-state index contributed by atoms with van der Waals surface area (Å²) in [5, 5.41) is 11.2. The zero-order chi connectivity index (χ0) is 15.6. The van der Waals surface area contributed by atoms with E-state index in [4.69, 9.17) is 5.14 Å². The van der Waals surface area contributed by atoms with E-state index in [0.29, 0.717) is 11.3 Å². The first-order valence-electron chi connectivity index (χ1n) is 6.97. The number of rotatable bonds is 3. The van der Waals surface area contributed by atoms with Gasteiger partial charge < -0.3 is 10.6 Å². The van der Waals surface area contributed by atoms with Gasteiger partial charge in [-0.1, -0.05) is 13.0 Å². The van der Waals surface area contributed by atoms with Crippen LogP contribution in [0.1, 0.15) is 25.3 Å². The molecule has 0 aromatic heterocycles. The summed E-state index contributed by atoms with van der Waals surface area (Å²) in [5.74, 6) is 0.109. The summed E-state index contributed by atoms with van der Waals surface area (Å²) >= 11 is 0. The third-order valence-corrected chi connectivity index (χ3v) is 4.96. The van der Waals surface area contributed by atoms with Crippen LogP contribution in [-0.4, -0.2) is 26.9 Å². The zero-order valence-electron chi connectivity index (χ0n) is 12.2. The summed E-state index contributed by atoms with van der Waals surface area (Å²) in [6.45, 7) is 4.48. The summed E-state index contributed by atoms with van der Waals surface area (Å²) in [7, 11) is -3.79. The van der Waals surface area contributed by atoms with Crippen LogP contribution in [0, 0.1) is 12.8 Å². The van der Waals surface area contributed by atoms with E-state index >= 15 is 0 Å². The average Bonchev–Trinajstić information content (AvgIpc) is 2.40. The van der Waals surface area contributed by atoms with E-state index in [9.17, 15) is 13.2 Å². The number of amides is 1. The van der Waals surface area contributed by atoms with Crippen LogP contribution in [0.25, 0.3) is 0 Å². The first-order valence-corrected chi connectivity index (χ1v) is 8.52. The smallest absolute Gasteiger partial charge is 0.241 e. The van der Waals surface area contributed by atoms with E-state index in [1.54, 1.807) is 19.1 Å².